The molecule has 126 valence electrons. The van der Waals surface area contributed by atoms with Crippen LogP contribution >= 0.6 is 0 Å². The summed E-state index contributed by atoms with van der Waals surface area (Å²) >= 11 is 0. The van der Waals surface area contributed by atoms with Crippen molar-refractivity contribution in [3.63, 3.8) is 0 Å². The predicted octanol–water partition coefficient (Wildman–Crippen LogP) is 1.39. The first-order valence-corrected chi connectivity index (χ1v) is 8.30. The van der Waals surface area contributed by atoms with Gasteiger partial charge in [0.1, 0.15) is 0 Å². The number of rotatable bonds is 5. The molecule has 0 aromatic heterocycles. The van der Waals surface area contributed by atoms with Crippen LogP contribution in [0.3, 0.4) is 0 Å². The average molecular weight is 312 g/mol. The van der Waals surface area contributed by atoms with Crippen LogP contribution in [0.4, 0.5) is 0 Å². The number of ether oxygens (including phenoxy) is 2. The zero-order chi connectivity index (χ0) is 16.2. The van der Waals surface area contributed by atoms with Crippen LogP contribution in [0.15, 0.2) is 0 Å². The molecule has 1 spiro atoms. The summed E-state index contributed by atoms with van der Waals surface area (Å²) in [5.41, 5.74) is 0. The second kappa shape index (κ2) is 7.42. The number of amides is 2. The molecule has 0 N–H and O–H groups in total. The number of hydrogen-bond acceptors (Lipinski definition) is 4. The topological polar surface area (TPSA) is 59.1 Å². The van der Waals surface area contributed by atoms with Gasteiger partial charge < -0.3 is 19.3 Å². The summed E-state index contributed by atoms with van der Waals surface area (Å²) < 4.78 is 11.3. The lowest BCUT2D eigenvalue weighted by molar-refractivity contribution is -0.187. The lowest BCUT2D eigenvalue weighted by atomic mass is 10.0. The van der Waals surface area contributed by atoms with Gasteiger partial charge in [-0.1, -0.05) is 6.92 Å². The fourth-order valence-corrected chi connectivity index (χ4v) is 3.17. The minimum absolute atomic E-state index is 0.0347. The summed E-state index contributed by atoms with van der Waals surface area (Å²) in [5.74, 6) is -0.297. The van der Waals surface area contributed by atoms with E-state index in [1.165, 1.54) is 0 Å². The van der Waals surface area contributed by atoms with Gasteiger partial charge in [0.05, 0.1) is 13.2 Å². The van der Waals surface area contributed by atoms with Crippen LogP contribution in [0, 0.1) is 0 Å². The van der Waals surface area contributed by atoms with E-state index in [0.29, 0.717) is 39.3 Å². The molecule has 22 heavy (non-hydrogen) atoms. The van der Waals surface area contributed by atoms with Gasteiger partial charge in [-0.2, -0.15) is 0 Å². The van der Waals surface area contributed by atoms with Crippen LogP contribution in [0.5, 0.6) is 0 Å². The number of likely N-dealkylation sites (tertiary alicyclic amines) is 1. The molecule has 6 nitrogen and oxygen atoms in total. The van der Waals surface area contributed by atoms with Crippen molar-refractivity contribution in [1.82, 2.24) is 9.80 Å². The summed E-state index contributed by atoms with van der Waals surface area (Å²) in [6, 6.07) is 0.176. The number of carbonyl (C=O) groups is 2. The number of piperidine rings is 1. The molecule has 0 radical (unpaired) electrons. The van der Waals surface area contributed by atoms with Crippen molar-refractivity contribution in [3.05, 3.63) is 0 Å². The Bertz CT molecular complexity index is 397. The molecule has 1 unspecified atom stereocenters. The average Bonchev–Trinajstić information content (AvgIpc) is 2.95. The van der Waals surface area contributed by atoms with Gasteiger partial charge in [-0.3, -0.25) is 9.59 Å². The number of nitrogens with zero attached hydrogens (tertiary/aromatic N) is 2. The van der Waals surface area contributed by atoms with E-state index in [1.807, 2.05) is 18.7 Å². The Kier molecular flexibility index (Phi) is 5.81. The standard InChI is InChI=1S/C16H28N2O4/c1-4-13(2)18(14(3)19)8-5-15(20)17-9-6-16(7-10-17)21-11-12-22-16/h13H,4-12H2,1-3H3. The number of carbonyl (C=O) groups excluding carboxylic acids is 2. The normalized spacial score (nSPS) is 21.9. The molecule has 0 aliphatic carbocycles. The van der Waals surface area contributed by atoms with Crippen molar-refractivity contribution in [3.8, 4) is 0 Å². The molecule has 0 aromatic carbocycles. The van der Waals surface area contributed by atoms with Gasteiger partial charge in [-0.05, 0) is 13.3 Å². The summed E-state index contributed by atoms with van der Waals surface area (Å²) in [6.45, 7) is 8.77. The molecule has 2 rings (SSSR count). The summed E-state index contributed by atoms with van der Waals surface area (Å²) in [6.07, 6.45) is 2.76. The maximum Gasteiger partial charge on any atom is 0.224 e. The molecule has 2 amide bonds. The lowest BCUT2D eigenvalue weighted by Gasteiger charge is -2.38. The maximum absolute atomic E-state index is 12.3. The van der Waals surface area contributed by atoms with Crippen LogP contribution in [0.25, 0.3) is 0 Å². The minimum Gasteiger partial charge on any atom is -0.347 e. The molecular formula is C16H28N2O4. The highest BCUT2D eigenvalue weighted by molar-refractivity contribution is 5.78. The summed E-state index contributed by atoms with van der Waals surface area (Å²) in [5, 5.41) is 0. The zero-order valence-electron chi connectivity index (χ0n) is 14.0. The van der Waals surface area contributed by atoms with E-state index in [1.54, 1.807) is 11.8 Å². The van der Waals surface area contributed by atoms with E-state index >= 15 is 0 Å². The van der Waals surface area contributed by atoms with Gasteiger partial charge in [0.15, 0.2) is 5.79 Å². The van der Waals surface area contributed by atoms with E-state index in [2.05, 4.69) is 0 Å². The van der Waals surface area contributed by atoms with Gasteiger partial charge in [-0.15, -0.1) is 0 Å². The Labute approximate surface area is 132 Å². The highest BCUT2D eigenvalue weighted by atomic mass is 16.7. The Morgan fingerprint density at radius 1 is 1.23 bits per heavy atom. The Hall–Kier alpha value is -1.14. The Morgan fingerprint density at radius 3 is 2.32 bits per heavy atom. The van der Waals surface area contributed by atoms with Crippen LogP contribution in [0.1, 0.15) is 46.5 Å². The third kappa shape index (κ3) is 3.98. The first-order valence-electron chi connectivity index (χ1n) is 8.30. The van der Waals surface area contributed by atoms with E-state index in [9.17, 15) is 9.59 Å². The van der Waals surface area contributed by atoms with Crippen LogP contribution < -0.4 is 0 Å². The van der Waals surface area contributed by atoms with Crippen LogP contribution in [-0.2, 0) is 19.1 Å². The van der Waals surface area contributed by atoms with Crippen molar-refractivity contribution >= 4 is 11.8 Å². The molecule has 0 saturated carbocycles. The fraction of sp³-hybridized carbons (Fsp3) is 0.875. The van der Waals surface area contributed by atoms with Gasteiger partial charge in [0.2, 0.25) is 11.8 Å². The first kappa shape index (κ1) is 17.2. The van der Waals surface area contributed by atoms with E-state index < -0.39 is 5.79 Å². The molecule has 6 heteroatoms. The largest absolute Gasteiger partial charge is 0.347 e. The zero-order valence-corrected chi connectivity index (χ0v) is 14.0. The summed E-state index contributed by atoms with van der Waals surface area (Å²) in [4.78, 5) is 27.7. The molecule has 2 fully saturated rings. The van der Waals surface area contributed by atoms with Gasteiger partial charge in [-0.25, -0.2) is 0 Å². The molecule has 2 aliphatic heterocycles. The Morgan fingerprint density at radius 2 is 1.82 bits per heavy atom. The monoisotopic (exact) mass is 312 g/mol. The van der Waals surface area contributed by atoms with E-state index in [-0.39, 0.29) is 17.9 Å². The molecule has 0 bridgehead atoms. The molecule has 2 heterocycles. The third-order valence-corrected chi connectivity index (χ3v) is 4.79. The highest BCUT2D eigenvalue weighted by Crippen LogP contribution is 2.31. The predicted molar refractivity (Wildman–Crippen MR) is 82.2 cm³/mol. The lowest BCUT2D eigenvalue weighted by Crippen LogP contribution is -2.48. The van der Waals surface area contributed by atoms with Gasteiger partial charge in [0, 0.05) is 51.9 Å². The van der Waals surface area contributed by atoms with Crippen molar-refractivity contribution in [2.45, 2.75) is 58.3 Å². The number of hydrogen-bond donors (Lipinski definition) is 0. The minimum atomic E-state index is -0.446. The van der Waals surface area contributed by atoms with Crippen LogP contribution in [0.2, 0.25) is 0 Å². The van der Waals surface area contributed by atoms with Crippen molar-refractivity contribution in [2.24, 2.45) is 0 Å². The van der Waals surface area contributed by atoms with Gasteiger partial charge >= 0.3 is 0 Å². The quantitative estimate of drug-likeness (QED) is 0.770. The molecule has 2 saturated heterocycles. The van der Waals surface area contributed by atoms with E-state index in [4.69, 9.17) is 9.47 Å². The third-order valence-electron chi connectivity index (χ3n) is 4.79. The fourth-order valence-electron chi connectivity index (χ4n) is 3.17. The van der Waals surface area contributed by atoms with Crippen molar-refractivity contribution < 1.29 is 19.1 Å². The molecule has 0 aromatic rings. The Balaban J connectivity index is 1.79. The maximum atomic E-state index is 12.3. The van der Waals surface area contributed by atoms with E-state index in [0.717, 1.165) is 19.3 Å². The second-order valence-electron chi connectivity index (χ2n) is 6.21. The van der Waals surface area contributed by atoms with Crippen molar-refractivity contribution in [1.29, 1.82) is 0 Å². The van der Waals surface area contributed by atoms with Crippen molar-refractivity contribution in [2.75, 3.05) is 32.8 Å². The summed E-state index contributed by atoms with van der Waals surface area (Å²) in [7, 11) is 0. The molecular weight excluding hydrogens is 284 g/mol. The highest BCUT2D eigenvalue weighted by Gasteiger charge is 2.40. The molecule has 1 atom stereocenters. The van der Waals surface area contributed by atoms with Crippen LogP contribution in [-0.4, -0.2) is 66.3 Å². The second-order valence-corrected chi connectivity index (χ2v) is 6.21. The first-order chi connectivity index (χ1) is 10.5. The van der Waals surface area contributed by atoms with Gasteiger partial charge in [0.25, 0.3) is 0 Å². The SMILES string of the molecule is CCC(C)N(CCC(=O)N1CCC2(CC1)OCCO2)C(C)=O. The molecule has 2 aliphatic rings. The smallest absolute Gasteiger partial charge is 0.224 e.